The lowest BCUT2D eigenvalue weighted by Crippen LogP contribution is -2.09. The van der Waals surface area contributed by atoms with Crippen molar-refractivity contribution in [1.82, 2.24) is 0 Å². The van der Waals surface area contributed by atoms with E-state index in [9.17, 15) is 17.3 Å². The van der Waals surface area contributed by atoms with Crippen LogP contribution in [0.25, 0.3) is 0 Å². The van der Waals surface area contributed by atoms with Crippen molar-refractivity contribution in [3.05, 3.63) is 99.0 Å². The molecule has 0 aromatic heterocycles. The van der Waals surface area contributed by atoms with E-state index in [0.717, 1.165) is 26.6 Å². The molecule has 0 heterocycles. The molecule has 0 saturated carbocycles. The fraction of sp³-hybridized carbons (Fsp3) is 0.100. The maximum Gasteiger partial charge on any atom is 0.673 e. The topological polar surface area (TPSA) is 0 Å². The highest BCUT2D eigenvalue weighted by atomic mass is 35.5. The van der Waals surface area contributed by atoms with E-state index in [1.54, 1.807) is 0 Å². The van der Waals surface area contributed by atoms with Gasteiger partial charge in [0, 0.05) is 37.1 Å². The molecule has 0 aliphatic carbocycles. The van der Waals surface area contributed by atoms with Gasteiger partial charge in [-0.3, -0.25) is 0 Å². The van der Waals surface area contributed by atoms with Crippen molar-refractivity contribution < 1.29 is 17.3 Å². The number of rotatable bonds is 5. The fourth-order valence-electron chi connectivity index (χ4n) is 2.41. The van der Waals surface area contributed by atoms with Crippen LogP contribution in [0.5, 0.6) is 0 Å². The summed E-state index contributed by atoms with van der Waals surface area (Å²) in [5.74, 6) is 1.95. The quantitative estimate of drug-likeness (QED) is 0.195. The van der Waals surface area contributed by atoms with Gasteiger partial charge >= 0.3 is 7.25 Å². The smallest absolute Gasteiger partial charge is 0.418 e. The summed E-state index contributed by atoms with van der Waals surface area (Å²) in [6.45, 7) is 0. The molecular formula is C20H16BCl3F4S. The van der Waals surface area contributed by atoms with Crippen LogP contribution in [-0.2, 0) is 22.4 Å². The second kappa shape index (κ2) is 11.2. The van der Waals surface area contributed by atoms with Crippen LogP contribution in [0.3, 0.4) is 0 Å². The van der Waals surface area contributed by atoms with Gasteiger partial charge in [0.2, 0.25) is 0 Å². The predicted molar refractivity (Wildman–Crippen MR) is 118 cm³/mol. The van der Waals surface area contributed by atoms with Crippen LogP contribution in [0.1, 0.15) is 11.1 Å². The Kier molecular flexibility index (Phi) is 9.22. The molecule has 0 bridgehead atoms. The zero-order valence-electron chi connectivity index (χ0n) is 15.0. The van der Waals surface area contributed by atoms with Crippen LogP contribution in [0.15, 0.2) is 77.7 Å². The zero-order valence-corrected chi connectivity index (χ0v) is 18.1. The molecule has 0 nitrogen and oxygen atoms in total. The summed E-state index contributed by atoms with van der Waals surface area (Å²) >= 11 is 18.0. The Labute approximate surface area is 185 Å². The first-order valence-corrected chi connectivity index (χ1v) is 11.1. The molecule has 0 N–H and O–H groups in total. The second-order valence-corrected chi connectivity index (χ2v) is 9.33. The van der Waals surface area contributed by atoms with Crippen molar-refractivity contribution in [2.45, 2.75) is 16.4 Å². The first kappa shape index (κ1) is 23.9. The molecule has 0 radical (unpaired) electrons. The molecule has 3 rings (SSSR count). The third kappa shape index (κ3) is 9.81. The number of hydrogen-bond donors (Lipinski definition) is 0. The Morgan fingerprint density at radius 1 is 0.552 bits per heavy atom. The molecule has 0 fully saturated rings. The van der Waals surface area contributed by atoms with Gasteiger partial charge in [0.25, 0.3) is 0 Å². The van der Waals surface area contributed by atoms with Gasteiger partial charge in [0.1, 0.15) is 11.5 Å². The highest BCUT2D eigenvalue weighted by molar-refractivity contribution is 7.95. The van der Waals surface area contributed by atoms with Crippen LogP contribution in [0.2, 0.25) is 15.1 Å². The maximum atomic E-state index is 9.75. The summed E-state index contributed by atoms with van der Waals surface area (Å²) < 4.78 is 39.0. The van der Waals surface area contributed by atoms with E-state index in [-0.39, 0.29) is 10.9 Å². The van der Waals surface area contributed by atoms with Gasteiger partial charge in [-0.1, -0.05) is 59.1 Å². The monoisotopic (exact) mass is 480 g/mol. The van der Waals surface area contributed by atoms with Crippen molar-refractivity contribution in [2.24, 2.45) is 0 Å². The molecule has 3 aromatic carbocycles. The standard InChI is InChI=1S/C20H16Cl3S.BF4/c21-17-5-1-15(2-6-17)13-24(20-11-9-19(23)10-12-20)14-16-3-7-18(22)8-4-16;2-1(3,4)5/h1-12H,13-14H2;/q+1;-1. The maximum absolute atomic E-state index is 9.75. The lowest BCUT2D eigenvalue weighted by molar-refractivity contribution is 0.368. The predicted octanol–water partition coefficient (Wildman–Crippen LogP) is 8.32. The number of halogens is 7. The molecule has 0 spiro atoms. The van der Waals surface area contributed by atoms with Gasteiger partial charge in [0.05, 0.1) is 0 Å². The minimum atomic E-state index is -6.00. The first-order valence-electron chi connectivity index (χ1n) is 8.39. The molecule has 0 amide bonds. The van der Waals surface area contributed by atoms with Crippen molar-refractivity contribution in [3.63, 3.8) is 0 Å². The molecule has 0 aliphatic rings. The van der Waals surface area contributed by atoms with Gasteiger partial charge in [-0.15, -0.1) is 0 Å². The molecule has 29 heavy (non-hydrogen) atoms. The minimum absolute atomic E-state index is 0.0439. The Hall–Kier alpha value is -1.34. The average Bonchev–Trinajstić information content (AvgIpc) is 2.64. The SMILES string of the molecule is Clc1ccc(C[S+](Cc2ccc(Cl)cc2)c2ccc(Cl)cc2)cc1.F[B-](F)(F)F. The highest BCUT2D eigenvalue weighted by Gasteiger charge is 2.23. The van der Waals surface area contributed by atoms with E-state index in [4.69, 9.17) is 34.8 Å². The molecule has 0 aliphatic heterocycles. The highest BCUT2D eigenvalue weighted by Crippen LogP contribution is 2.26. The van der Waals surface area contributed by atoms with Gasteiger partial charge in [-0.25, -0.2) is 0 Å². The Morgan fingerprint density at radius 2 is 0.828 bits per heavy atom. The van der Waals surface area contributed by atoms with E-state index < -0.39 is 7.25 Å². The largest absolute Gasteiger partial charge is 0.673 e. The molecule has 9 heteroatoms. The van der Waals surface area contributed by atoms with Gasteiger partial charge < -0.3 is 17.3 Å². The lowest BCUT2D eigenvalue weighted by atomic mass is 10.2. The van der Waals surface area contributed by atoms with Gasteiger partial charge in [-0.05, 0) is 48.5 Å². The third-order valence-electron chi connectivity index (χ3n) is 3.66. The van der Waals surface area contributed by atoms with Gasteiger partial charge in [-0.2, -0.15) is 0 Å². The molecule has 0 unspecified atom stereocenters. The summed E-state index contributed by atoms with van der Waals surface area (Å²) in [6, 6.07) is 24.3. The molecule has 3 aromatic rings. The van der Waals surface area contributed by atoms with E-state index in [1.807, 2.05) is 36.4 Å². The third-order valence-corrected chi connectivity index (χ3v) is 6.71. The van der Waals surface area contributed by atoms with E-state index in [1.165, 1.54) is 16.0 Å². The van der Waals surface area contributed by atoms with Crippen molar-refractivity contribution in [1.29, 1.82) is 0 Å². The van der Waals surface area contributed by atoms with Gasteiger partial charge in [0.15, 0.2) is 4.90 Å². The first-order chi connectivity index (χ1) is 13.6. The van der Waals surface area contributed by atoms with Crippen molar-refractivity contribution >= 4 is 53.0 Å². The number of hydrogen-bond acceptors (Lipinski definition) is 0. The van der Waals surface area contributed by atoms with Crippen molar-refractivity contribution in [3.8, 4) is 0 Å². The van der Waals surface area contributed by atoms with E-state index in [0.29, 0.717) is 0 Å². The van der Waals surface area contributed by atoms with E-state index >= 15 is 0 Å². The zero-order chi connectivity index (χ0) is 21.4. The van der Waals surface area contributed by atoms with E-state index in [2.05, 4.69) is 36.4 Å². The summed E-state index contributed by atoms with van der Waals surface area (Å²) in [5, 5.41) is 2.30. The average molecular weight is 482 g/mol. The van der Waals surface area contributed by atoms with Crippen molar-refractivity contribution in [2.75, 3.05) is 0 Å². The van der Waals surface area contributed by atoms with Crippen LogP contribution < -0.4 is 0 Å². The second-order valence-electron chi connectivity index (χ2n) is 5.98. The molecular weight excluding hydrogens is 465 g/mol. The van der Waals surface area contributed by atoms with Crippen LogP contribution >= 0.6 is 34.8 Å². The minimum Gasteiger partial charge on any atom is -0.418 e. The molecule has 0 saturated heterocycles. The number of benzene rings is 3. The summed E-state index contributed by atoms with van der Waals surface area (Å²) in [4.78, 5) is 1.31. The Bertz CT molecular complexity index is 832. The Balaban J connectivity index is 0.000000537. The molecule has 0 atom stereocenters. The summed E-state index contributed by atoms with van der Waals surface area (Å²) in [5.41, 5.74) is 2.57. The van der Waals surface area contributed by atoms with Crippen LogP contribution in [-0.4, -0.2) is 7.25 Å². The summed E-state index contributed by atoms with van der Waals surface area (Å²) in [6.07, 6.45) is 0. The lowest BCUT2D eigenvalue weighted by Gasteiger charge is -2.10. The molecule has 154 valence electrons. The van der Waals surface area contributed by atoms with Crippen LogP contribution in [0, 0.1) is 0 Å². The summed E-state index contributed by atoms with van der Waals surface area (Å²) in [7, 11) is -5.96. The fourth-order valence-corrected chi connectivity index (χ4v) is 4.93. The Morgan fingerprint density at radius 3 is 1.14 bits per heavy atom. The van der Waals surface area contributed by atoms with Crippen LogP contribution in [0.4, 0.5) is 17.3 Å². The normalized spacial score (nSPS) is 11.2.